The SMILES string of the molecule is NC1(C(=O)NCCc2nc(C(F)(F)F)cs2)CC1. The van der Waals surface area contributed by atoms with Crippen LogP contribution in [0.2, 0.25) is 0 Å². The molecule has 100 valence electrons. The monoisotopic (exact) mass is 279 g/mol. The molecule has 8 heteroatoms. The van der Waals surface area contributed by atoms with Gasteiger partial charge < -0.3 is 11.1 Å². The predicted molar refractivity (Wildman–Crippen MR) is 60.0 cm³/mol. The standard InChI is InChI=1S/C10H12F3N3OS/c11-10(12,13)6-5-18-7(16-6)1-4-15-8(17)9(14)2-3-9/h5H,1-4,14H2,(H,15,17). The lowest BCUT2D eigenvalue weighted by atomic mass is 10.2. The van der Waals surface area contributed by atoms with Crippen molar-refractivity contribution in [2.75, 3.05) is 6.54 Å². The Morgan fingerprint density at radius 1 is 1.56 bits per heavy atom. The molecule has 0 atom stereocenters. The Balaban J connectivity index is 1.80. The summed E-state index contributed by atoms with van der Waals surface area (Å²) in [6.45, 7) is 0.253. The van der Waals surface area contributed by atoms with E-state index < -0.39 is 17.4 Å². The van der Waals surface area contributed by atoms with Crippen LogP contribution >= 0.6 is 11.3 Å². The van der Waals surface area contributed by atoms with E-state index in [-0.39, 0.29) is 18.9 Å². The van der Waals surface area contributed by atoms with E-state index in [2.05, 4.69) is 10.3 Å². The molecule has 1 aliphatic carbocycles. The number of halogens is 3. The highest BCUT2D eigenvalue weighted by molar-refractivity contribution is 7.09. The van der Waals surface area contributed by atoms with E-state index in [9.17, 15) is 18.0 Å². The molecule has 0 radical (unpaired) electrons. The number of carbonyl (C=O) groups is 1. The summed E-state index contributed by atoms with van der Waals surface area (Å²) in [6, 6.07) is 0. The van der Waals surface area contributed by atoms with Gasteiger partial charge in [-0.2, -0.15) is 13.2 Å². The molecule has 18 heavy (non-hydrogen) atoms. The molecule has 0 saturated heterocycles. The van der Waals surface area contributed by atoms with E-state index in [1.54, 1.807) is 0 Å². The number of hydrogen-bond donors (Lipinski definition) is 2. The maximum Gasteiger partial charge on any atom is 0.434 e. The number of nitrogens with two attached hydrogens (primary N) is 1. The molecule has 0 unspecified atom stereocenters. The average molecular weight is 279 g/mol. The molecule has 1 saturated carbocycles. The van der Waals surface area contributed by atoms with Gasteiger partial charge in [0, 0.05) is 18.3 Å². The van der Waals surface area contributed by atoms with Gasteiger partial charge in [0.1, 0.15) is 0 Å². The number of alkyl halides is 3. The van der Waals surface area contributed by atoms with Crippen molar-refractivity contribution in [1.29, 1.82) is 0 Å². The van der Waals surface area contributed by atoms with E-state index in [1.807, 2.05) is 0 Å². The van der Waals surface area contributed by atoms with Gasteiger partial charge in [-0.1, -0.05) is 0 Å². The van der Waals surface area contributed by atoms with Crippen molar-refractivity contribution in [3.8, 4) is 0 Å². The lowest BCUT2D eigenvalue weighted by molar-refractivity contribution is -0.140. The molecular weight excluding hydrogens is 267 g/mol. The van der Waals surface area contributed by atoms with Gasteiger partial charge in [-0.25, -0.2) is 4.98 Å². The van der Waals surface area contributed by atoms with E-state index in [0.717, 1.165) is 16.7 Å². The molecule has 0 aliphatic heterocycles. The smallest absolute Gasteiger partial charge is 0.354 e. The fourth-order valence-electron chi connectivity index (χ4n) is 1.38. The second kappa shape index (κ2) is 4.51. The summed E-state index contributed by atoms with van der Waals surface area (Å²) in [4.78, 5) is 14.9. The van der Waals surface area contributed by atoms with Gasteiger partial charge in [0.05, 0.1) is 10.5 Å². The van der Waals surface area contributed by atoms with Crippen LogP contribution in [-0.4, -0.2) is 23.0 Å². The van der Waals surface area contributed by atoms with Crippen LogP contribution in [-0.2, 0) is 17.4 Å². The fourth-order valence-corrected chi connectivity index (χ4v) is 2.18. The van der Waals surface area contributed by atoms with Crippen molar-refractivity contribution < 1.29 is 18.0 Å². The van der Waals surface area contributed by atoms with Gasteiger partial charge in [0.2, 0.25) is 5.91 Å². The molecule has 4 nitrogen and oxygen atoms in total. The molecule has 1 fully saturated rings. The summed E-state index contributed by atoms with van der Waals surface area (Å²) in [5.41, 5.74) is 4.02. The summed E-state index contributed by atoms with van der Waals surface area (Å²) in [7, 11) is 0. The molecule has 0 bridgehead atoms. The third kappa shape index (κ3) is 2.99. The first-order valence-electron chi connectivity index (χ1n) is 5.40. The first-order valence-corrected chi connectivity index (χ1v) is 6.28. The van der Waals surface area contributed by atoms with Crippen LogP contribution in [0.3, 0.4) is 0 Å². The molecule has 1 amide bonds. The highest BCUT2D eigenvalue weighted by atomic mass is 32.1. The summed E-state index contributed by atoms with van der Waals surface area (Å²) in [5, 5.41) is 3.93. The molecule has 2 rings (SSSR count). The van der Waals surface area contributed by atoms with Crippen molar-refractivity contribution in [2.45, 2.75) is 31.0 Å². The zero-order valence-corrected chi connectivity index (χ0v) is 10.2. The van der Waals surface area contributed by atoms with Crippen LogP contribution in [0.15, 0.2) is 5.38 Å². The Kier molecular flexibility index (Phi) is 3.33. The van der Waals surface area contributed by atoms with E-state index in [1.165, 1.54) is 0 Å². The number of thiazole rings is 1. The Morgan fingerprint density at radius 2 is 2.22 bits per heavy atom. The molecule has 0 spiro atoms. The number of nitrogens with one attached hydrogen (secondary N) is 1. The first kappa shape index (κ1) is 13.3. The molecule has 1 aliphatic rings. The zero-order valence-electron chi connectivity index (χ0n) is 9.38. The summed E-state index contributed by atoms with van der Waals surface area (Å²) >= 11 is 0.938. The molecule has 0 aromatic carbocycles. The molecular formula is C10H12F3N3OS. The lowest BCUT2D eigenvalue weighted by Gasteiger charge is -2.08. The van der Waals surface area contributed by atoms with Gasteiger partial charge in [0.25, 0.3) is 0 Å². The van der Waals surface area contributed by atoms with Crippen molar-refractivity contribution >= 4 is 17.2 Å². The zero-order chi connectivity index (χ0) is 13.4. The number of amides is 1. The predicted octanol–water partition coefficient (Wildman–Crippen LogP) is 1.31. The number of rotatable bonds is 4. The summed E-state index contributed by atoms with van der Waals surface area (Å²) in [6.07, 6.45) is -2.81. The van der Waals surface area contributed by atoms with E-state index in [4.69, 9.17) is 5.73 Å². The minimum atomic E-state index is -4.41. The van der Waals surface area contributed by atoms with E-state index in [0.29, 0.717) is 17.8 Å². The Morgan fingerprint density at radius 3 is 2.72 bits per heavy atom. The van der Waals surface area contributed by atoms with Crippen LogP contribution < -0.4 is 11.1 Å². The Labute approximate surface area is 105 Å². The lowest BCUT2D eigenvalue weighted by Crippen LogP contribution is -2.43. The first-order chi connectivity index (χ1) is 8.31. The van der Waals surface area contributed by atoms with Crippen LogP contribution in [0.5, 0.6) is 0 Å². The van der Waals surface area contributed by atoms with Gasteiger partial charge in [-0.15, -0.1) is 11.3 Å². The third-order valence-electron chi connectivity index (χ3n) is 2.71. The maximum absolute atomic E-state index is 12.3. The van der Waals surface area contributed by atoms with Crippen LogP contribution in [0.1, 0.15) is 23.5 Å². The highest BCUT2D eigenvalue weighted by Crippen LogP contribution is 2.32. The molecule has 1 heterocycles. The number of hydrogen-bond acceptors (Lipinski definition) is 4. The number of nitrogens with zero attached hydrogens (tertiary/aromatic N) is 1. The van der Waals surface area contributed by atoms with Crippen LogP contribution in [0, 0.1) is 0 Å². The fraction of sp³-hybridized carbons (Fsp3) is 0.600. The van der Waals surface area contributed by atoms with Gasteiger partial charge >= 0.3 is 6.18 Å². The summed E-state index contributed by atoms with van der Waals surface area (Å²) < 4.78 is 36.8. The quantitative estimate of drug-likeness (QED) is 0.873. The molecule has 3 N–H and O–H groups in total. The second-order valence-electron chi connectivity index (χ2n) is 4.29. The minimum Gasteiger partial charge on any atom is -0.354 e. The molecule has 1 aromatic rings. The number of aromatic nitrogens is 1. The largest absolute Gasteiger partial charge is 0.434 e. The highest BCUT2D eigenvalue weighted by Gasteiger charge is 2.45. The van der Waals surface area contributed by atoms with Crippen LogP contribution in [0.25, 0.3) is 0 Å². The maximum atomic E-state index is 12.3. The van der Waals surface area contributed by atoms with E-state index >= 15 is 0 Å². The van der Waals surface area contributed by atoms with Crippen molar-refractivity contribution in [3.05, 3.63) is 16.1 Å². The average Bonchev–Trinajstić information content (AvgIpc) is 2.84. The third-order valence-corrected chi connectivity index (χ3v) is 3.62. The van der Waals surface area contributed by atoms with Gasteiger partial charge in [0.15, 0.2) is 5.69 Å². The summed E-state index contributed by atoms with van der Waals surface area (Å²) in [5.74, 6) is -0.241. The topological polar surface area (TPSA) is 68.0 Å². The minimum absolute atomic E-state index is 0.241. The Hall–Kier alpha value is -1.15. The van der Waals surface area contributed by atoms with Crippen molar-refractivity contribution in [1.82, 2.24) is 10.3 Å². The molecule has 1 aromatic heterocycles. The van der Waals surface area contributed by atoms with Crippen molar-refractivity contribution in [3.63, 3.8) is 0 Å². The Bertz CT molecular complexity index is 453. The van der Waals surface area contributed by atoms with Crippen LogP contribution in [0.4, 0.5) is 13.2 Å². The number of carbonyl (C=O) groups excluding carboxylic acids is 1. The van der Waals surface area contributed by atoms with Gasteiger partial charge in [-0.05, 0) is 12.8 Å². The second-order valence-corrected chi connectivity index (χ2v) is 5.23. The normalized spacial score (nSPS) is 17.6. The van der Waals surface area contributed by atoms with Gasteiger partial charge in [-0.3, -0.25) is 4.79 Å². The van der Waals surface area contributed by atoms with Crippen molar-refractivity contribution in [2.24, 2.45) is 5.73 Å².